The van der Waals surface area contributed by atoms with E-state index in [0.29, 0.717) is 29.6 Å². The molecule has 0 aliphatic rings. The maximum atomic E-state index is 14.1. The number of rotatable bonds is 8. The molecule has 3 nitrogen and oxygen atoms in total. The van der Waals surface area contributed by atoms with Crippen LogP contribution in [0.4, 0.5) is 0 Å². The lowest BCUT2D eigenvalue weighted by atomic mass is 9.90. The third-order valence-electron chi connectivity index (χ3n) is 5.79. The molecule has 1 amide bonds. The lowest BCUT2D eigenvalue weighted by Crippen LogP contribution is -2.37. The van der Waals surface area contributed by atoms with Gasteiger partial charge in [0.1, 0.15) is 0 Å². The topological polar surface area (TPSA) is 33.2 Å². The predicted octanol–water partition coefficient (Wildman–Crippen LogP) is 7.10. The van der Waals surface area contributed by atoms with Gasteiger partial charge in [0, 0.05) is 22.3 Å². The first-order valence-electron chi connectivity index (χ1n) is 11.3. The van der Waals surface area contributed by atoms with Gasteiger partial charge in [-0.15, -0.1) is 0 Å². The summed E-state index contributed by atoms with van der Waals surface area (Å²) in [6, 6.07) is 31.2. The Morgan fingerprint density at radius 3 is 2.09 bits per heavy atom. The Labute approximate surface area is 211 Å². The van der Waals surface area contributed by atoms with E-state index in [1.54, 1.807) is 6.07 Å². The lowest BCUT2D eigenvalue weighted by Gasteiger charge is -2.28. The number of hydrogen-bond acceptors (Lipinski definition) is 2. The summed E-state index contributed by atoms with van der Waals surface area (Å²) in [7, 11) is 0. The predicted molar refractivity (Wildman–Crippen MR) is 139 cm³/mol. The second-order valence-electron chi connectivity index (χ2n) is 8.27. The molecule has 0 aliphatic heterocycles. The first-order valence-corrected chi connectivity index (χ1v) is 12.0. The molecule has 3 aromatic carbocycles. The maximum Gasteiger partial charge on any atom is 0.234 e. The van der Waals surface area contributed by atoms with Gasteiger partial charge in [-0.3, -0.25) is 9.78 Å². The Hall–Kier alpha value is -3.14. The fraction of sp³-hybridized carbons (Fsp3) is 0.172. The normalized spacial score (nSPS) is 10.9. The number of pyridine rings is 1. The molecule has 0 fully saturated rings. The van der Waals surface area contributed by atoms with Gasteiger partial charge in [-0.1, -0.05) is 96.0 Å². The smallest absolute Gasteiger partial charge is 0.234 e. The Kier molecular flexibility index (Phi) is 7.99. The second kappa shape index (κ2) is 11.3. The number of aryl methyl sites for hydroxylation is 1. The van der Waals surface area contributed by atoms with Crippen molar-refractivity contribution in [3.8, 4) is 0 Å². The minimum Gasteiger partial charge on any atom is -0.336 e. The van der Waals surface area contributed by atoms with Gasteiger partial charge < -0.3 is 4.90 Å². The van der Waals surface area contributed by atoms with Gasteiger partial charge in [0.2, 0.25) is 5.91 Å². The number of halogens is 2. The van der Waals surface area contributed by atoms with E-state index in [0.717, 1.165) is 28.1 Å². The molecule has 0 saturated heterocycles. The van der Waals surface area contributed by atoms with Crippen molar-refractivity contribution in [3.63, 3.8) is 0 Å². The molecule has 5 heteroatoms. The molecule has 4 aromatic rings. The zero-order valence-corrected chi connectivity index (χ0v) is 20.5. The standard InChI is InChI=1S/C29H26Cl2N2O/c1-21-9-8-14-26(32-21)20-33(18-17-22-15-16-25(30)19-27(22)31)29(34)28(23-10-4-2-5-11-23)24-12-6-3-7-13-24/h2-16,19,28H,17-18,20H2,1H3. The second-order valence-corrected chi connectivity index (χ2v) is 9.11. The number of amides is 1. The summed E-state index contributed by atoms with van der Waals surface area (Å²) in [5.41, 5.74) is 4.66. The molecule has 0 unspecified atom stereocenters. The third-order valence-corrected chi connectivity index (χ3v) is 6.38. The fourth-order valence-corrected chi connectivity index (χ4v) is 4.58. The summed E-state index contributed by atoms with van der Waals surface area (Å²) in [4.78, 5) is 20.7. The highest BCUT2D eigenvalue weighted by molar-refractivity contribution is 6.35. The lowest BCUT2D eigenvalue weighted by molar-refractivity contribution is -0.132. The van der Waals surface area contributed by atoms with Gasteiger partial charge in [-0.05, 0) is 54.3 Å². The van der Waals surface area contributed by atoms with E-state index in [4.69, 9.17) is 23.2 Å². The highest BCUT2D eigenvalue weighted by atomic mass is 35.5. The van der Waals surface area contributed by atoms with Crippen LogP contribution in [0.3, 0.4) is 0 Å². The molecule has 172 valence electrons. The van der Waals surface area contributed by atoms with E-state index in [2.05, 4.69) is 4.98 Å². The van der Waals surface area contributed by atoms with E-state index in [9.17, 15) is 4.79 Å². The van der Waals surface area contributed by atoms with Crippen molar-refractivity contribution in [2.45, 2.75) is 25.8 Å². The van der Waals surface area contributed by atoms with E-state index in [1.807, 2.05) is 103 Å². The van der Waals surface area contributed by atoms with Crippen molar-refractivity contribution in [3.05, 3.63) is 135 Å². The molecule has 4 rings (SSSR count). The number of carbonyl (C=O) groups excluding carboxylic acids is 1. The number of carbonyl (C=O) groups is 1. The summed E-state index contributed by atoms with van der Waals surface area (Å²) in [5.74, 6) is -0.376. The van der Waals surface area contributed by atoms with Crippen molar-refractivity contribution in [2.24, 2.45) is 0 Å². The van der Waals surface area contributed by atoms with Crippen LogP contribution >= 0.6 is 23.2 Å². The first-order chi connectivity index (χ1) is 16.5. The minimum atomic E-state index is -0.409. The van der Waals surface area contributed by atoms with Crippen LogP contribution < -0.4 is 0 Å². The molecule has 0 bridgehead atoms. The van der Waals surface area contributed by atoms with Gasteiger partial charge >= 0.3 is 0 Å². The van der Waals surface area contributed by atoms with Crippen LogP contribution in [-0.2, 0) is 17.8 Å². The quantitative estimate of drug-likeness (QED) is 0.265. The van der Waals surface area contributed by atoms with Crippen molar-refractivity contribution in [1.82, 2.24) is 9.88 Å². The average Bonchev–Trinajstić information content (AvgIpc) is 2.84. The molecular weight excluding hydrogens is 463 g/mol. The van der Waals surface area contributed by atoms with Gasteiger partial charge in [0.25, 0.3) is 0 Å². The Morgan fingerprint density at radius 1 is 0.853 bits per heavy atom. The molecular formula is C29H26Cl2N2O. The highest BCUT2D eigenvalue weighted by Crippen LogP contribution is 2.28. The largest absolute Gasteiger partial charge is 0.336 e. The zero-order valence-electron chi connectivity index (χ0n) is 19.0. The molecule has 0 saturated carbocycles. The average molecular weight is 489 g/mol. The van der Waals surface area contributed by atoms with Gasteiger partial charge in [0.05, 0.1) is 18.2 Å². The van der Waals surface area contributed by atoms with Crippen LogP contribution in [-0.4, -0.2) is 22.3 Å². The first kappa shape index (κ1) is 24.0. The number of aromatic nitrogens is 1. The maximum absolute atomic E-state index is 14.1. The molecule has 1 aromatic heterocycles. The summed E-state index contributed by atoms with van der Waals surface area (Å²) in [6.45, 7) is 2.88. The SMILES string of the molecule is Cc1cccc(CN(CCc2ccc(Cl)cc2Cl)C(=O)C(c2ccccc2)c2ccccc2)n1. The molecule has 0 spiro atoms. The van der Waals surface area contributed by atoms with Crippen molar-refractivity contribution >= 4 is 29.1 Å². The molecule has 1 heterocycles. The van der Waals surface area contributed by atoms with E-state index < -0.39 is 5.92 Å². The number of hydrogen-bond donors (Lipinski definition) is 0. The van der Waals surface area contributed by atoms with Gasteiger partial charge in [-0.25, -0.2) is 0 Å². The van der Waals surface area contributed by atoms with Crippen LogP contribution in [0, 0.1) is 6.92 Å². The summed E-state index contributed by atoms with van der Waals surface area (Å²) < 4.78 is 0. The van der Waals surface area contributed by atoms with Crippen molar-refractivity contribution in [2.75, 3.05) is 6.54 Å². The van der Waals surface area contributed by atoms with Crippen LogP contribution in [0.1, 0.15) is 34.0 Å². The molecule has 0 atom stereocenters. The number of nitrogens with zero attached hydrogens (tertiary/aromatic N) is 2. The molecule has 34 heavy (non-hydrogen) atoms. The monoisotopic (exact) mass is 488 g/mol. The molecule has 0 radical (unpaired) electrons. The Bertz CT molecular complexity index is 1210. The summed E-state index contributed by atoms with van der Waals surface area (Å²) in [6.07, 6.45) is 0.615. The fourth-order valence-electron chi connectivity index (χ4n) is 4.08. The van der Waals surface area contributed by atoms with Crippen molar-refractivity contribution < 1.29 is 4.79 Å². The molecule has 0 N–H and O–H groups in total. The van der Waals surface area contributed by atoms with Crippen LogP contribution in [0.25, 0.3) is 0 Å². The van der Waals surface area contributed by atoms with E-state index >= 15 is 0 Å². The third kappa shape index (κ3) is 6.05. The van der Waals surface area contributed by atoms with Gasteiger partial charge in [0.15, 0.2) is 0 Å². The van der Waals surface area contributed by atoms with Gasteiger partial charge in [-0.2, -0.15) is 0 Å². The summed E-state index contributed by atoms with van der Waals surface area (Å²) in [5, 5.41) is 1.20. The highest BCUT2D eigenvalue weighted by Gasteiger charge is 2.28. The van der Waals surface area contributed by atoms with Crippen LogP contribution in [0.5, 0.6) is 0 Å². The van der Waals surface area contributed by atoms with Crippen LogP contribution in [0.15, 0.2) is 97.1 Å². The Balaban J connectivity index is 1.68. The molecule has 0 aliphatic carbocycles. The van der Waals surface area contributed by atoms with Crippen LogP contribution in [0.2, 0.25) is 10.0 Å². The summed E-state index contributed by atoms with van der Waals surface area (Å²) >= 11 is 12.5. The van der Waals surface area contributed by atoms with Crippen molar-refractivity contribution in [1.29, 1.82) is 0 Å². The van der Waals surface area contributed by atoms with E-state index in [1.165, 1.54) is 0 Å². The Morgan fingerprint density at radius 2 is 1.50 bits per heavy atom. The minimum absolute atomic E-state index is 0.0331. The number of benzene rings is 3. The zero-order chi connectivity index (χ0) is 23.9. The van der Waals surface area contributed by atoms with E-state index in [-0.39, 0.29) is 5.91 Å².